The number of rotatable bonds is 6. The van der Waals surface area contributed by atoms with Crippen molar-refractivity contribution in [3.05, 3.63) is 71.8 Å². The van der Waals surface area contributed by atoms with E-state index < -0.39 is 17.5 Å². The molecular formula is C22H25NO4. The number of likely N-dealkylation sites (tertiary alicyclic amines) is 1. The number of ether oxygens (including phenoxy) is 1. The average molecular weight is 367 g/mol. The first-order chi connectivity index (χ1) is 13.1. The summed E-state index contributed by atoms with van der Waals surface area (Å²) in [5, 5.41) is 9.91. The Morgan fingerprint density at radius 2 is 1.59 bits per heavy atom. The van der Waals surface area contributed by atoms with Crippen LogP contribution in [-0.2, 0) is 19.7 Å². The molecule has 1 fully saturated rings. The van der Waals surface area contributed by atoms with Crippen LogP contribution in [0.25, 0.3) is 0 Å². The number of hydrogen-bond donors (Lipinski definition) is 1. The Morgan fingerprint density at radius 3 is 2.11 bits per heavy atom. The molecule has 3 rings (SSSR count). The van der Waals surface area contributed by atoms with Crippen molar-refractivity contribution in [3.63, 3.8) is 0 Å². The summed E-state index contributed by atoms with van der Waals surface area (Å²) in [6, 6.07) is 18.8. The number of nitrogens with zero attached hydrogens (tertiary/aromatic N) is 1. The maximum atomic E-state index is 13.1. The highest BCUT2D eigenvalue weighted by atomic mass is 16.5. The van der Waals surface area contributed by atoms with Gasteiger partial charge in [0.1, 0.15) is 0 Å². The molecule has 1 aliphatic rings. The summed E-state index contributed by atoms with van der Waals surface area (Å²) in [5.74, 6) is -0.930. The van der Waals surface area contributed by atoms with Crippen LogP contribution in [0.15, 0.2) is 60.7 Å². The van der Waals surface area contributed by atoms with Crippen LogP contribution in [0, 0.1) is 0 Å². The molecule has 1 amide bonds. The van der Waals surface area contributed by atoms with Crippen molar-refractivity contribution in [1.29, 1.82) is 0 Å². The van der Waals surface area contributed by atoms with Gasteiger partial charge < -0.3 is 14.7 Å². The number of benzene rings is 2. The van der Waals surface area contributed by atoms with Crippen LogP contribution in [-0.4, -0.2) is 41.6 Å². The number of hydrogen-bond acceptors (Lipinski definition) is 3. The zero-order valence-corrected chi connectivity index (χ0v) is 15.5. The predicted molar refractivity (Wildman–Crippen MR) is 102 cm³/mol. The Labute approximate surface area is 159 Å². The van der Waals surface area contributed by atoms with Gasteiger partial charge in [-0.2, -0.15) is 0 Å². The third-order valence-corrected chi connectivity index (χ3v) is 5.32. The molecule has 2 aromatic carbocycles. The van der Waals surface area contributed by atoms with E-state index >= 15 is 0 Å². The molecule has 0 aliphatic carbocycles. The zero-order valence-electron chi connectivity index (χ0n) is 15.5. The lowest BCUT2D eigenvalue weighted by atomic mass is 9.72. The zero-order chi connectivity index (χ0) is 19.3. The lowest BCUT2D eigenvalue weighted by Gasteiger charge is -2.40. The molecule has 0 spiro atoms. The minimum atomic E-state index is -0.939. The van der Waals surface area contributed by atoms with E-state index in [1.165, 1.54) is 0 Å². The van der Waals surface area contributed by atoms with Crippen molar-refractivity contribution >= 4 is 11.9 Å². The molecule has 1 atom stereocenters. The topological polar surface area (TPSA) is 66.8 Å². The summed E-state index contributed by atoms with van der Waals surface area (Å²) < 4.78 is 5.72. The second-order valence-corrected chi connectivity index (χ2v) is 6.82. The summed E-state index contributed by atoms with van der Waals surface area (Å²) in [4.78, 5) is 26.9. The Balaban J connectivity index is 1.77. The number of aliphatic carboxylic acids is 1. The van der Waals surface area contributed by atoms with Gasteiger partial charge in [0.05, 0.1) is 5.41 Å². The monoisotopic (exact) mass is 367 g/mol. The smallest absolute Gasteiger partial charge is 0.314 e. The third-order valence-electron chi connectivity index (χ3n) is 5.32. The molecule has 1 saturated heterocycles. The van der Waals surface area contributed by atoms with Gasteiger partial charge in [0.15, 0.2) is 6.10 Å². The molecule has 5 nitrogen and oxygen atoms in total. The Hall–Kier alpha value is -2.66. The number of carboxylic acid groups (broad SMARTS) is 1. The molecular weight excluding hydrogens is 342 g/mol. The molecule has 5 heteroatoms. The Kier molecular flexibility index (Phi) is 5.91. The van der Waals surface area contributed by atoms with Crippen LogP contribution in [0.3, 0.4) is 0 Å². The first-order valence-corrected chi connectivity index (χ1v) is 9.33. The van der Waals surface area contributed by atoms with E-state index in [4.69, 9.17) is 4.74 Å². The summed E-state index contributed by atoms with van der Waals surface area (Å²) in [5.41, 5.74) is 0.683. The van der Waals surface area contributed by atoms with E-state index in [2.05, 4.69) is 0 Å². The fraction of sp³-hybridized carbons (Fsp3) is 0.364. The Bertz CT molecular complexity index is 767. The van der Waals surface area contributed by atoms with Crippen molar-refractivity contribution in [1.82, 2.24) is 4.90 Å². The standard InChI is InChI=1S/C22H25NO4/c1-2-27-19(17-9-5-3-6-10-17)20(24)23-15-13-22(14-16-23,21(25)26)18-11-7-4-8-12-18/h3-12,19H,2,13-16H2,1H3,(H,25,26). The molecule has 0 radical (unpaired) electrons. The van der Waals surface area contributed by atoms with Gasteiger partial charge in [-0.05, 0) is 30.9 Å². The molecule has 27 heavy (non-hydrogen) atoms. The molecule has 0 bridgehead atoms. The first-order valence-electron chi connectivity index (χ1n) is 9.33. The summed E-state index contributed by atoms with van der Waals surface area (Å²) in [6.07, 6.45) is 0.141. The van der Waals surface area contributed by atoms with E-state index in [9.17, 15) is 14.7 Å². The van der Waals surface area contributed by atoms with Crippen LogP contribution in [0.5, 0.6) is 0 Å². The maximum Gasteiger partial charge on any atom is 0.314 e. The van der Waals surface area contributed by atoms with E-state index in [0.29, 0.717) is 32.5 Å². The normalized spacial score (nSPS) is 17.3. The van der Waals surface area contributed by atoms with E-state index in [0.717, 1.165) is 11.1 Å². The van der Waals surface area contributed by atoms with Crippen LogP contribution in [0.1, 0.15) is 37.0 Å². The average Bonchev–Trinajstić information content (AvgIpc) is 2.72. The molecule has 1 N–H and O–H groups in total. The minimum absolute atomic E-state index is 0.102. The number of carboxylic acids is 1. The second-order valence-electron chi connectivity index (χ2n) is 6.82. The fourth-order valence-electron chi connectivity index (χ4n) is 3.76. The van der Waals surface area contributed by atoms with Gasteiger partial charge in [0.2, 0.25) is 0 Å². The van der Waals surface area contributed by atoms with Crippen molar-refractivity contribution < 1.29 is 19.4 Å². The van der Waals surface area contributed by atoms with Crippen LogP contribution < -0.4 is 0 Å². The van der Waals surface area contributed by atoms with Crippen molar-refractivity contribution in [3.8, 4) is 0 Å². The quantitative estimate of drug-likeness (QED) is 0.850. The van der Waals surface area contributed by atoms with E-state index in [1.54, 1.807) is 4.90 Å². The molecule has 0 aromatic heterocycles. The molecule has 1 heterocycles. The SMILES string of the molecule is CCOC(C(=O)N1CCC(C(=O)O)(c2ccccc2)CC1)c1ccccc1. The number of amides is 1. The van der Waals surface area contributed by atoms with Gasteiger partial charge >= 0.3 is 5.97 Å². The van der Waals surface area contributed by atoms with E-state index in [-0.39, 0.29) is 5.91 Å². The van der Waals surface area contributed by atoms with Crippen LogP contribution in [0.2, 0.25) is 0 Å². The van der Waals surface area contributed by atoms with Crippen molar-refractivity contribution in [2.45, 2.75) is 31.3 Å². The minimum Gasteiger partial charge on any atom is -0.481 e. The molecule has 142 valence electrons. The van der Waals surface area contributed by atoms with Crippen LogP contribution >= 0.6 is 0 Å². The highest BCUT2D eigenvalue weighted by Crippen LogP contribution is 2.36. The predicted octanol–water partition coefficient (Wildman–Crippen LogP) is 3.41. The van der Waals surface area contributed by atoms with Gasteiger partial charge in [-0.15, -0.1) is 0 Å². The number of piperidine rings is 1. The van der Waals surface area contributed by atoms with Crippen LogP contribution in [0.4, 0.5) is 0 Å². The number of carbonyl (C=O) groups is 2. The highest BCUT2D eigenvalue weighted by Gasteiger charge is 2.44. The Morgan fingerprint density at radius 1 is 1.04 bits per heavy atom. The molecule has 1 unspecified atom stereocenters. The highest BCUT2D eigenvalue weighted by molar-refractivity contribution is 5.84. The van der Waals surface area contributed by atoms with E-state index in [1.807, 2.05) is 67.6 Å². The summed E-state index contributed by atoms with van der Waals surface area (Å²) in [7, 11) is 0. The summed E-state index contributed by atoms with van der Waals surface area (Å²) in [6.45, 7) is 3.10. The van der Waals surface area contributed by atoms with Gasteiger partial charge in [-0.25, -0.2) is 0 Å². The van der Waals surface area contributed by atoms with Crippen molar-refractivity contribution in [2.24, 2.45) is 0 Å². The van der Waals surface area contributed by atoms with Gasteiger partial charge in [-0.1, -0.05) is 60.7 Å². The van der Waals surface area contributed by atoms with Gasteiger partial charge in [0, 0.05) is 19.7 Å². The first kappa shape index (κ1) is 19.1. The number of carbonyl (C=O) groups excluding carboxylic acids is 1. The third kappa shape index (κ3) is 3.88. The molecule has 2 aromatic rings. The van der Waals surface area contributed by atoms with Crippen molar-refractivity contribution in [2.75, 3.05) is 19.7 Å². The lowest BCUT2D eigenvalue weighted by molar-refractivity contribution is -0.152. The maximum absolute atomic E-state index is 13.1. The summed E-state index contributed by atoms with van der Waals surface area (Å²) >= 11 is 0. The molecule has 0 saturated carbocycles. The van der Waals surface area contributed by atoms with Gasteiger partial charge in [-0.3, -0.25) is 9.59 Å². The second kappa shape index (κ2) is 8.35. The largest absolute Gasteiger partial charge is 0.481 e. The fourth-order valence-corrected chi connectivity index (χ4v) is 3.76. The molecule has 1 aliphatic heterocycles. The lowest BCUT2D eigenvalue weighted by Crippen LogP contribution is -2.50. The van der Waals surface area contributed by atoms with Gasteiger partial charge in [0.25, 0.3) is 5.91 Å².